The molecule has 0 saturated carbocycles. The highest BCUT2D eigenvalue weighted by molar-refractivity contribution is 5.85. The molecule has 0 unspecified atom stereocenters. The largest absolute Gasteiger partial charge is 0.493 e. The quantitative estimate of drug-likeness (QED) is 0.913. The average molecular weight is 300 g/mol. The second kappa shape index (κ2) is 7.12. The molecule has 0 saturated heterocycles. The fraction of sp³-hybridized carbons (Fsp3) is 0.385. The van der Waals surface area contributed by atoms with Crippen molar-refractivity contribution in [3.8, 4) is 22.9 Å². The number of ether oxygens (including phenoxy) is 2. The van der Waals surface area contributed by atoms with E-state index in [2.05, 4.69) is 10.1 Å². The van der Waals surface area contributed by atoms with Crippen LogP contribution in [-0.2, 0) is 0 Å². The van der Waals surface area contributed by atoms with Crippen LogP contribution in [0.2, 0.25) is 0 Å². The van der Waals surface area contributed by atoms with Gasteiger partial charge in [-0.05, 0) is 24.6 Å². The van der Waals surface area contributed by atoms with E-state index in [4.69, 9.17) is 19.7 Å². The van der Waals surface area contributed by atoms with Gasteiger partial charge in [-0.3, -0.25) is 0 Å². The number of hydrogen-bond donors (Lipinski definition) is 1. The number of methoxy groups -OCH3 is 2. The van der Waals surface area contributed by atoms with E-state index in [1.54, 1.807) is 26.4 Å². The number of benzene rings is 1. The van der Waals surface area contributed by atoms with Crippen LogP contribution in [0.5, 0.6) is 11.5 Å². The van der Waals surface area contributed by atoms with Crippen molar-refractivity contribution in [1.82, 2.24) is 10.1 Å². The van der Waals surface area contributed by atoms with E-state index in [1.165, 1.54) is 0 Å². The molecule has 0 aliphatic carbocycles. The Balaban J connectivity index is 0.00000200. The minimum absolute atomic E-state index is 0. The molecule has 1 aromatic carbocycles. The minimum Gasteiger partial charge on any atom is -0.493 e. The Morgan fingerprint density at radius 1 is 1.25 bits per heavy atom. The van der Waals surface area contributed by atoms with Gasteiger partial charge >= 0.3 is 0 Å². The third-order valence-electron chi connectivity index (χ3n) is 2.84. The van der Waals surface area contributed by atoms with Gasteiger partial charge in [-0.2, -0.15) is 4.98 Å². The Bertz CT molecular complexity index is 560. The summed E-state index contributed by atoms with van der Waals surface area (Å²) in [4.78, 5) is 4.28. The number of hydrogen-bond acceptors (Lipinski definition) is 6. The Labute approximate surface area is 123 Å². The van der Waals surface area contributed by atoms with E-state index in [1.807, 2.05) is 13.0 Å². The monoisotopic (exact) mass is 299 g/mol. The van der Waals surface area contributed by atoms with Crippen LogP contribution in [0.25, 0.3) is 11.4 Å². The zero-order valence-corrected chi connectivity index (χ0v) is 12.4. The van der Waals surface area contributed by atoms with Gasteiger partial charge in [-0.15, -0.1) is 12.4 Å². The predicted molar refractivity (Wildman–Crippen MR) is 77.3 cm³/mol. The fourth-order valence-corrected chi connectivity index (χ4v) is 1.65. The molecule has 6 nitrogen and oxygen atoms in total. The minimum atomic E-state index is -0.235. The maximum absolute atomic E-state index is 5.85. The first-order chi connectivity index (χ1) is 9.19. The smallest absolute Gasteiger partial charge is 0.243 e. The lowest BCUT2D eigenvalue weighted by molar-refractivity contribution is 0.351. The standard InChI is InChI=1S/C13H17N3O3.ClH/c1-4-9(14)13-15-12(16-19-13)8-5-6-10(17-2)11(7-8)18-3;/h5-7,9H,4,14H2,1-3H3;1H/t9-;/m0./s1. The van der Waals surface area contributed by atoms with Gasteiger partial charge in [0.25, 0.3) is 0 Å². The number of halogens is 1. The van der Waals surface area contributed by atoms with Gasteiger partial charge in [-0.25, -0.2) is 0 Å². The zero-order chi connectivity index (χ0) is 13.8. The molecule has 2 aromatic rings. The number of rotatable bonds is 5. The van der Waals surface area contributed by atoms with Crippen molar-refractivity contribution in [2.24, 2.45) is 5.73 Å². The lowest BCUT2D eigenvalue weighted by atomic mass is 10.2. The first-order valence-corrected chi connectivity index (χ1v) is 6.01. The third-order valence-corrected chi connectivity index (χ3v) is 2.84. The van der Waals surface area contributed by atoms with Crippen molar-refractivity contribution >= 4 is 12.4 Å². The fourth-order valence-electron chi connectivity index (χ4n) is 1.65. The molecule has 0 spiro atoms. The molecule has 1 aromatic heterocycles. The maximum atomic E-state index is 5.85. The number of aromatic nitrogens is 2. The van der Waals surface area contributed by atoms with Crippen LogP contribution in [0.4, 0.5) is 0 Å². The molecule has 0 radical (unpaired) electrons. The van der Waals surface area contributed by atoms with Crippen molar-refractivity contribution in [3.63, 3.8) is 0 Å². The first kappa shape index (κ1) is 16.3. The Hall–Kier alpha value is -1.79. The molecule has 1 heterocycles. The average Bonchev–Trinajstić information content (AvgIpc) is 2.95. The molecule has 0 fully saturated rings. The summed E-state index contributed by atoms with van der Waals surface area (Å²) >= 11 is 0. The number of nitrogens with two attached hydrogens (primary N) is 1. The summed E-state index contributed by atoms with van der Waals surface area (Å²) in [5.74, 6) is 2.19. The van der Waals surface area contributed by atoms with E-state index < -0.39 is 0 Å². The van der Waals surface area contributed by atoms with Gasteiger partial charge in [-0.1, -0.05) is 12.1 Å². The summed E-state index contributed by atoms with van der Waals surface area (Å²) in [5.41, 5.74) is 6.63. The van der Waals surface area contributed by atoms with Crippen LogP contribution in [0.15, 0.2) is 22.7 Å². The summed E-state index contributed by atoms with van der Waals surface area (Å²) in [6.07, 6.45) is 0.744. The molecule has 7 heteroatoms. The molecule has 0 aliphatic rings. The van der Waals surface area contributed by atoms with E-state index >= 15 is 0 Å². The summed E-state index contributed by atoms with van der Waals surface area (Å²) in [6.45, 7) is 1.96. The van der Waals surface area contributed by atoms with Crippen molar-refractivity contribution < 1.29 is 14.0 Å². The molecular formula is C13H18ClN3O3. The van der Waals surface area contributed by atoms with Gasteiger partial charge < -0.3 is 19.7 Å². The highest BCUT2D eigenvalue weighted by Crippen LogP contribution is 2.31. The topological polar surface area (TPSA) is 83.4 Å². The molecule has 20 heavy (non-hydrogen) atoms. The molecule has 0 aliphatic heterocycles. The van der Waals surface area contributed by atoms with Crippen LogP contribution in [0.1, 0.15) is 25.3 Å². The van der Waals surface area contributed by atoms with Gasteiger partial charge in [0.05, 0.1) is 20.3 Å². The lowest BCUT2D eigenvalue weighted by Crippen LogP contribution is -2.08. The molecule has 1 atom stereocenters. The normalized spacial score (nSPS) is 11.6. The van der Waals surface area contributed by atoms with Crippen molar-refractivity contribution in [3.05, 3.63) is 24.1 Å². The van der Waals surface area contributed by atoms with E-state index in [0.29, 0.717) is 23.2 Å². The summed E-state index contributed by atoms with van der Waals surface area (Å²) < 4.78 is 15.6. The van der Waals surface area contributed by atoms with Gasteiger partial charge in [0.1, 0.15) is 0 Å². The molecule has 2 N–H and O–H groups in total. The Morgan fingerprint density at radius 3 is 2.55 bits per heavy atom. The summed E-state index contributed by atoms with van der Waals surface area (Å²) in [5, 5.41) is 3.92. The second-order valence-corrected chi connectivity index (χ2v) is 4.04. The van der Waals surface area contributed by atoms with Gasteiger partial charge in [0, 0.05) is 5.56 Å². The predicted octanol–water partition coefficient (Wildman–Crippen LogP) is 2.59. The summed E-state index contributed by atoms with van der Waals surface area (Å²) in [7, 11) is 3.17. The van der Waals surface area contributed by atoms with E-state index in [9.17, 15) is 0 Å². The van der Waals surface area contributed by atoms with E-state index in [-0.39, 0.29) is 18.4 Å². The first-order valence-electron chi connectivity index (χ1n) is 6.01. The molecule has 0 bridgehead atoms. The molecule has 2 rings (SSSR count). The van der Waals surface area contributed by atoms with Crippen LogP contribution >= 0.6 is 12.4 Å². The van der Waals surface area contributed by atoms with Crippen LogP contribution in [0, 0.1) is 0 Å². The van der Waals surface area contributed by atoms with Crippen LogP contribution in [0.3, 0.4) is 0 Å². The molecule has 0 amide bonds. The lowest BCUT2D eigenvalue weighted by Gasteiger charge is -2.07. The molecule has 110 valence electrons. The zero-order valence-electron chi connectivity index (χ0n) is 11.6. The van der Waals surface area contributed by atoms with Gasteiger partial charge in [0.15, 0.2) is 11.5 Å². The SMILES string of the molecule is CC[C@H](N)c1nc(-c2ccc(OC)c(OC)c2)no1.Cl. The third kappa shape index (κ3) is 3.20. The van der Waals surface area contributed by atoms with Crippen LogP contribution in [-0.4, -0.2) is 24.4 Å². The van der Waals surface area contributed by atoms with Crippen LogP contribution < -0.4 is 15.2 Å². The van der Waals surface area contributed by atoms with Crippen molar-refractivity contribution in [2.45, 2.75) is 19.4 Å². The summed E-state index contributed by atoms with van der Waals surface area (Å²) in [6, 6.07) is 5.20. The highest BCUT2D eigenvalue weighted by Gasteiger charge is 2.15. The van der Waals surface area contributed by atoms with E-state index in [0.717, 1.165) is 12.0 Å². The number of nitrogens with zero attached hydrogens (tertiary/aromatic N) is 2. The Kier molecular flexibility index (Phi) is 5.79. The highest BCUT2D eigenvalue weighted by atomic mass is 35.5. The van der Waals surface area contributed by atoms with Gasteiger partial charge in [0.2, 0.25) is 11.7 Å². The van der Waals surface area contributed by atoms with Crippen molar-refractivity contribution in [2.75, 3.05) is 14.2 Å². The maximum Gasteiger partial charge on any atom is 0.243 e. The molecular weight excluding hydrogens is 282 g/mol. The second-order valence-electron chi connectivity index (χ2n) is 4.04. The van der Waals surface area contributed by atoms with Crippen molar-refractivity contribution in [1.29, 1.82) is 0 Å². The Morgan fingerprint density at radius 2 is 1.95 bits per heavy atom.